The Morgan fingerprint density at radius 2 is 2.07 bits per heavy atom. The number of piperidine rings is 1. The van der Waals surface area contributed by atoms with Crippen LogP contribution >= 0.6 is 0 Å². The molecule has 3 N–H and O–H groups in total. The third-order valence-electron chi connectivity index (χ3n) is 7.61. The standard InChI is InChI=1S/C30H35FN8O4/c1-18-15-33-9-11-39(18)24-6-5-22(13-27(24)42-3)36-30-35-17-34-28(37-30)20-4-7-25(21(12-20)14-32)43-26-8-10-38(16-23(26)31)29(41)19(2)40/h4-7,12-13,17-19,23,26,33,40H,8-11,15-16H2,1-3H3,(H,34,35,36,37)/t18-,19-,23+,26-/m0/s1. The third kappa shape index (κ3) is 6.76. The van der Waals surface area contributed by atoms with Crippen molar-refractivity contribution in [3.8, 4) is 29.0 Å². The Morgan fingerprint density at radius 1 is 1.23 bits per heavy atom. The first kappa shape index (κ1) is 29.9. The Labute approximate surface area is 249 Å². The molecule has 226 valence electrons. The highest BCUT2D eigenvalue weighted by molar-refractivity contribution is 5.80. The molecular formula is C30H35FN8O4. The number of alkyl halides is 1. The first-order valence-electron chi connectivity index (χ1n) is 14.2. The molecule has 5 rings (SSSR count). The number of anilines is 3. The summed E-state index contributed by atoms with van der Waals surface area (Å²) in [4.78, 5) is 28.7. The van der Waals surface area contributed by atoms with Crippen molar-refractivity contribution < 1.29 is 23.8 Å². The van der Waals surface area contributed by atoms with Crippen LogP contribution in [-0.2, 0) is 4.79 Å². The lowest BCUT2D eigenvalue weighted by molar-refractivity contribution is -0.143. The first-order valence-corrected chi connectivity index (χ1v) is 14.2. The number of aliphatic hydroxyl groups excluding tert-OH is 1. The van der Waals surface area contributed by atoms with Gasteiger partial charge in [0.1, 0.15) is 36.1 Å². The number of nitrogens with zero attached hydrogens (tertiary/aromatic N) is 6. The maximum atomic E-state index is 14.9. The Balaban J connectivity index is 1.29. The van der Waals surface area contributed by atoms with Gasteiger partial charge in [-0.1, -0.05) is 0 Å². The highest BCUT2D eigenvalue weighted by Gasteiger charge is 2.34. The SMILES string of the molecule is COc1cc(Nc2ncnc(-c3ccc(O[C@H]4CCN(C(=O)[C@H](C)O)C[C@H]4F)c(C#N)c3)n2)ccc1N1CCNC[C@@H]1C. The van der Waals surface area contributed by atoms with Gasteiger partial charge in [-0.25, -0.2) is 14.4 Å². The highest BCUT2D eigenvalue weighted by atomic mass is 19.1. The number of rotatable bonds is 8. The molecule has 0 saturated carbocycles. The fraction of sp³-hybridized carbons (Fsp3) is 0.433. The highest BCUT2D eigenvalue weighted by Crippen LogP contribution is 2.34. The number of carbonyl (C=O) groups excluding carboxylic acids is 1. The number of nitrogens with one attached hydrogen (secondary N) is 2. The summed E-state index contributed by atoms with van der Waals surface area (Å²) in [6, 6.07) is 13.2. The van der Waals surface area contributed by atoms with E-state index in [0.29, 0.717) is 23.4 Å². The zero-order chi connectivity index (χ0) is 30.5. The van der Waals surface area contributed by atoms with Gasteiger partial charge >= 0.3 is 0 Å². The van der Waals surface area contributed by atoms with Crippen LogP contribution in [0.2, 0.25) is 0 Å². The summed E-state index contributed by atoms with van der Waals surface area (Å²) < 4.78 is 26.4. The molecule has 1 amide bonds. The van der Waals surface area contributed by atoms with Crippen molar-refractivity contribution in [1.82, 2.24) is 25.2 Å². The van der Waals surface area contributed by atoms with Crippen LogP contribution in [0.4, 0.5) is 21.7 Å². The average molecular weight is 591 g/mol. The van der Waals surface area contributed by atoms with Crippen molar-refractivity contribution in [2.24, 2.45) is 0 Å². The molecule has 43 heavy (non-hydrogen) atoms. The van der Waals surface area contributed by atoms with Crippen molar-refractivity contribution in [1.29, 1.82) is 5.26 Å². The van der Waals surface area contributed by atoms with Crippen molar-refractivity contribution in [2.75, 3.05) is 50.1 Å². The van der Waals surface area contributed by atoms with E-state index in [0.717, 1.165) is 36.8 Å². The van der Waals surface area contributed by atoms with Crippen molar-refractivity contribution in [2.45, 2.75) is 44.7 Å². The van der Waals surface area contributed by atoms with E-state index in [4.69, 9.17) is 9.47 Å². The zero-order valence-corrected chi connectivity index (χ0v) is 24.3. The van der Waals surface area contributed by atoms with E-state index >= 15 is 0 Å². The molecule has 2 aliphatic heterocycles. The van der Waals surface area contributed by atoms with Gasteiger partial charge in [0.05, 0.1) is 24.9 Å². The Morgan fingerprint density at radius 3 is 2.79 bits per heavy atom. The molecule has 0 aliphatic carbocycles. The van der Waals surface area contributed by atoms with Gasteiger partial charge in [0, 0.05) is 56.0 Å². The van der Waals surface area contributed by atoms with E-state index in [1.165, 1.54) is 18.2 Å². The number of halogens is 1. The topological polar surface area (TPSA) is 149 Å². The number of benzene rings is 2. The quantitative estimate of drug-likeness (QED) is 0.356. The summed E-state index contributed by atoms with van der Waals surface area (Å²) in [5.74, 6) is 1.10. The van der Waals surface area contributed by atoms with E-state index < -0.39 is 24.3 Å². The lowest BCUT2D eigenvalue weighted by atomic mass is 10.0. The maximum Gasteiger partial charge on any atom is 0.251 e. The number of hydrogen-bond donors (Lipinski definition) is 3. The van der Waals surface area contributed by atoms with E-state index in [9.17, 15) is 19.6 Å². The Hall–Kier alpha value is -4.54. The van der Waals surface area contributed by atoms with Gasteiger partial charge in [0.15, 0.2) is 12.0 Å². The molecule has 0 radical (unpaired) electrons. The fourth-order valence-electron chi connectivity index (χ4n) is 5.32. The molecular weight excluding hydrogens is 555 g/mol. The molecule has 0 bridgehead atoms. The van der Waals surface area contributed by atoms with E-state index in [1.807, 2.05) is 18.2 Å². The molecule has 3 heterocycles. The molecule has 0 spiro atoms. The van der Waals surface area contributed by atoms with Gasteiger partial charge in [0.2, 0.25) is 5.95 Å². The molecule has 4 atom stereocenters. The maximum absolute atomic E-state index is 14.9. The summed E-state index contributed by atoms with van der Waals surface area (Å²) in [7, 11) is 1.64. The minimum atomic E-state index is -1.47. The predicted octanol–water partition coefficient (Wildman–Crippen LogP) is 2.66. The summed E-state index contributed by atoms with van der Waals surface area (Å²) in [5.41, 5.74) is 2.51. The van der Waals surface area contributed by atoms with Gasteiger partial charge in [-0.15, -0.1) is 0 Å². The zero-order valence-electron chi connectivity index (χ0n) is 24.3. The number of amides is 1. The molecule has 0 unspecified atom stereocenters. The van der Waals surface area contributed by atoms with Gasteiger partial charge in [-0.3, -0.25) is 4.79 Å². The Bertz CT molecular complexity index is 1500. The normalized spacial score (nSPS) is 21.1. The second-order valence-corrected chi connectivity index (χ2v) is 10.6. The number of ether oxygens (including phenoxy) is 2. The molecule has 1 aromatic heterocycles. The number of hydrogen-bond acceptors (Lipinski definition) is 11. The van der Waals surface area contributed by atoms with Crippen LogP contribution in [0.3, 0.4) is 0 Å². The van der Waals surface area contributed by atoms with Crippen LogP contribution < -0.4 is 25.0 Å². The second kappa shape index (κ2) is 13.2. The Kier molecular flexibility index (Phi) is 9.18. The number of nitriles is 1. The number of likely N-dealkylation sites (tertiary alicyclic amines) is 1. The number of aromatic nitrogens is 3. The van der Waals surface area contributed by atoms with Crippen molar-refractivity contribution >= 4 is 23.2 Å². The van der Waals surface area contributed by atoms with Crippen LogP contribution in [0.25, 0.3) is 11.4 Å². The first-order chi connectivity index (χ1) is 20.8. The lowest BCUT2D eigenvalue weighted by Gasteiger charge is -2.36. The van der Waals surface area contributed by atoms with Gasteiger partial charge in [-0.05, 0) is 44.2 Å². The minimum absolute atomic E-state index is 0.182. The van der Waals surface area contributed by atoms with Gasteiger partial charge < -0.3 is 35.0 Å². The molecule has 2 saturated heterocycles. The fourth-order valence-corrected chi connectivity index (χ4v) is 5.32. The summed E-state index contributed by atoms with van der Waals surface area (Å²) in [5, 5.41) is 25.9. The van der Waals surface area contributed by atoms with Crippen LogP contribution in [0.5, 0.6) is 11.5 Å². The second-order valence-electron chi connectivity index (χ2n) is 10.6. The number of aliphatic hydroxyl groups is 1. The molecule has 3 aromatic rings. The number of carbonyl (C=O) groups is 1. The van der Waals surface area contributed by atoms with Crippen LogP contribution in [0.15, 0.2) is 42.7 Å². The minimum Gasteiger partial charge on any atom is -0.495 e. The van der Waals surface area contributed by atoms with Gasteiger partial charge in [-0.2, -0.15) is 10.2 Å². The molecule has 2 aromatic carbocycles. The third-order valence-corrected chi connectivity index (χ3v) is 7.61. The van der Waals surface area contributed by atoms with Crippen molar-refractivity contribution in [3.63, 3.8) is 0 Å². The van der Waals surface area contributed by atoms with Crippen LogP contribution in [-0.4, -0.2) is 95.1 Å². The number of piperazine rings is 1. The monoisotopic (exact) mass is 590 g/mol. The summed E-state index contributed by atoms with van der Waals surface area (Å²) in [6.07, 6.45) is -1.88. The van der Waals surface area contributed by atoms with Gasteiger partial charge in [0.25, 0.3) is 5.91 Å². The molecule has 13 heteroatoms. The van der Waals surface area contributed by atoms with Crippen molar-refractivity contribution in [3.05, 3.63) is 48.3 Å². The summed E-state index contributed by atoms with van der Waals surface area (Å²) >= 11 is 0. The number of methoxy groups -OCH3 is 1. The smallest absolute Gasteiger partial charge is 0.251 e. The van der Waals surface area contributed by atoms with E-state index in [2.05, 4.69) is 43.5 Å². The molecule has 2 aliphatic rings. The lowest BCUT2D eigenvalue weighted by Crippen LogP contribution is -2.51. The van der Waals surface area contributed by atoms with Crippen LogP contribution in [0.1, 0.15) is 25.8 Å². The van der Waals surface area contributed by atoms with Crippen LogP contribution in [0, 0.1) is 11.3 Å². The molecule has 2 fully saturated rings. The molecule has 12 nitrogen and oxygen atoms in total. The predicted molar refractivity (Wildman–Crippen MR) is 158 cm³/mol. The summed E-state index contributed by atoms with van der Waals surface area (Å²) in [6.45, 7) is 6.29. The van der Waals surface area contributed by atoms with E-state index in [1.54, 1.807) is 25.3 Å². The van der Waals surface area contributed by atoms with E-state index in [-0.39, 0.29) is 30.8 Å². The largest absolute Gasteiger partial charge is 0.495 e. The average Bonchev–Trinajstić information content (AvgIpc) is 3.02.